The number of halogens is 1. The zero-order chi connectivity index (χ0) is 15.0. The summed E-state index contributed by atoms with van der Waals surface area (Å²) in [6, 6.07) is 7.34. The second kappa shape index (κ2) is 8.95. The first-order chi connectivity index (χ1) is 9.54. The van der Waals surface area contributed by atoms with E-state index in [1.807, 2.05) is 32.0 Å². The topological polar surface area (TPSA) is 58.6 Å². The smallest absolute Gasteiger partial charge is 0.246 e. The molecule has 0 aliphatic rings. The number of aliphatic hydroxyl groups excluding tert-OH is 1. The highest BCUT2D eigenvalue weighted by Gasteiger charge is 2.13. The van der Waals surface area contributed by atoms with Crippen molar-refractivity contribution in [2.45, 2.75) is 33.0 Å². The van der Waals surface area contributed by atoms with E-state index in [0.717, 1.165) is 12.0 Å². The quantitative estimate of drug-likeness (QED) is 0.775. The van der Waals surface area contributed by atoms with Crippen LogP contribution in [0.1, 0.15) is 25.8 Å². The summed E-state index contributed by atoms with van der Waals surface area (Å²) in [7, 11) is 0. The van der Waals surface area contributed by atoms with Crippen molar-refractivity contribution in [2.24, 2.45) is 5.92 Å². The molecule has 2 atom stereocenters. The van der Waals surface area contributed by atoms with E-state index in [0.29, 0.717) is 11.6 Å². The van der Waals surface area contributed by atoms with Crippen molar-refractivity contribution in [3.8, 4) is 0 Å². The minimum absolute atomic E-state index is 0.0432. The van der Waals surface area contributed by atoms with Crippen LogP contribution in [0, 0.1) is 5.92 Å². The fourth-order valence-electron chi connectivity index (χ4n) is 1.61. The molecule has 0 aliphatic heterocycles. The molecule has 2 N–H and O–H groups in total. The molecule has 5 heteroatoms. The van der Waals surface area contributed by atoms with E-state index >= 15 is 0 Å². The molecule has 20 heavy (non-hydrogen) atoms. The molecule has 0 saturated carbocycles. The number of hydrogen-bond acceptors (Lipinski definition) is 3. The van der Waals surface area contributed by atoms with Crippen molar-refractivity contribution >= 4 is 17.5 Å². The summed E-state index contributed by atoms with van der Waals surface area (Å²) in [5.41, 5.74) is 0.849. The Labute approximate surface area is 125 Å². The molecule has 0 fully saturated rings. The SMILES string of the molecule is CCC(C)C(O)CNC(=O)COCc1ccccc1Cl. The summed E-state index contributed by atoms with van der Waals surface area (Å²) < 4.78 is 5.30. The van der Waals surface area contributed by atoms with Crippen molar-refractivity contribution in [1.29, 1.82) is 0 Å². The van der Waals surface area contributed by atoms with Crippen LogP contribution in [-0.2, 0) is 16.1 Å². The summed E-state index contributed by atoms with van der Waals surface area (Å²) in [6.07, 6.45) is 0.354. The molecule has 112 valence electrons. The van der Waals surface area contributed by atoms with Crippen LogP contribution in [0.3, 0.4) is 0 Å². The number of carbonyl (C=O) groups is 1. The number of carbonyl (C=O) groups excluding carboxylic acids is 1. The Hall–Kier alpha value is -1.10. The van der Waals surface area contributed by atoms with Gasteiger partial charge in [0.2, 0.25) is 5.91 Å². The minimum atomic E-state index is -0.521. The first-order valence-corrected chi connectivity index (χ1v) is 7.18. The van der Waals surface area contributed by atoms with Crippen LogP contribution in [0.15, 0.2) is 24.3 Å². The molecule has 0 saturated heterocycles. The lowest BCUT2D eigenvalue weighted by Crippen LogP contribution is -2.37. The van der Waals surface area contributed by atoms with E-state index < -0.39 is 6.10 Å². The largest absolute Gasteiger partial charge is 0.391 e. The fraction of sp³-hybridized carbons (Fsp3) is 0.533. The number of rotatable bonds is 8. The first-order valence-electron chi connectivity index (χ1n) is 6.80. The van der Waals surface area contributed by atoms with Crippen LogP contribution < -0.4 is 5.32 Å². The first kappa shape index (κ1) is 17.0. The van der Waals surface area contributed by atoms with Crippen LogP contribution in [0.2, 0.25) is 5.02 Å². The molecular formula is C15H22ClNO3. The summed E-state index contributed by atoms with van der Waals surface area (Å²) in [5, 5.41) is 13.0. The number of aliphatic hydroxyl groups is 1. The molecule has 1 rings (SSSR count). The van der Waals surface area contributed by atoms with Gasteiger partial charge in [-0.05, 0) is 17.5 Å². The van der Waals surface area contributed by atoms with Gasteiger partial charge in [0.05, 0.1) is 12.7 Å². The van der Waals surface area contributed by atoms with Gasteiger partial charge in [0.1, 0.15) is 6.61 Å². The molecule has 4 nitrogen and oxygen atoms in total. The van der Waals surface area contributed by atoms with Crippen molar-refractivity contribution in [3.63, 3.8) is 0 Å². The van der Waals surface area contributed by atoms with E-state index in [-0.39, 0.29) is 25.0 Å². The van der Waals surface area contributed by atoms with Crippen LogP contribution in [-0.4, -0.2) is 30.3 Å². The normalized spacial score (nSPS) is 13.8. The third-order valence-corrected chi connectivity index (χ3v) is 3.63. The van der Waals surface area contributed by atoms with Gasteiger partial charge in [-0.25, -0.2) is 0 Å². The van der Waals surface area contributed by atoms with E-state index in [2.05, 4.69) is 5.32 Å². The number of hydrogen-bond donors (Lipinski definition) is 2. The summed E-state index contributed by atoms with van der Waals surface area (Å²) in [6.45, 7) is 4.45. The Morgan fingerprint density at radius 3 is 2.80 bits per heavy atom. The van der Waals surface area contributed by atoms with Gasteiger partial charge < -0.3 is 15.2 Å². The lowest BCUT2D eigenvalue weighted by atomic mass is 10.0. The average Bonchev–Trinajstić information content (AvgIpc) is 2.45. The van der Waals surface area contributed by atoms with Gasteiger partial charge in [0.25, 0.3) is 0 Å². The third kappa shape index (κ3) is 5.90. The number of benzene rings is 1. The molecule has 0 heterocycles. The predicted molar refractivity (Wildman–Crippen MR) is 79.6 cm³/mol. The molecule has 0 bridgehead atoms. The lowest BCUT2D eigenvalue weighted by molar-refractivity contribution is -0.126. The highest BCUT2D eigenvalue weighted by atomic mass is 35.5. The summed E-state index contributed by atoms with van der Waals surface area (Å²) in [4.78, 5) is 11.6. The Kier molecular flexibility index (Phi) is 7.59. The van der Waals surface area contributed by atoms with E-state index in [4.69, 9.17) is 16.3 Å². The molecule has 2 unspecified atom stereocenters. The number of amides is 1. The zero-order valence-corrected chi connectivity index (χ0v) is 12.7. The lowest BCUT2D eigenvalue weighted by Gasteiger charge is -2.17. The highest BCUT2D eigenvalue weighted by Crippen LogP contribution is 2.15. The monoisotopic (exact) mass is 299 g/mol. The third-order valence-electron chi connectivity index (χ3n) is 3.26. The molecule has 1 amide bonds. The molecule has 0 radical (unpaired) electrons. The molecular weight excluding hydrogens is 278 g/mol. The van der Waals surface area contributed by atoms with Crippen molar-refractivity contribution in [2.75, 3.05) is 13.2 Å². The van der Waals surface area contributed by atoms with Gasteiger partial charge in [-0.2, -0.15) is 0 Å². The van der Waals surface area contributed by atoms with E-state index in [9.17, 15) is 9.90 Å². The maximum atomic E-state index is 11.6. The van der Waals surface area contributed by atoms with Crippen molar-refractivity contribution in [1.82, 2.24) is 5.32 Å². The Balaban J connectivity index is 2.22. The van der Waals surface area contributed by atoms with Gasteiger partial charge in [-0.15, -0.1) is 0 Å². The molecule has 1 aromatic carbocycles. The summed E-state index contributed by atoms with van der Waals surface area (Å²) >= 11 is 5.98. The Morgan fingerprint density at radius 1 is 1.45 bits per heavy atom. The zero-order valence-electron chi connectivity index (χ0n) is 11.9. The fourth-order valence-corrected chi connectivity index (χ4v) is 1.80. The molecule has 0 spiro atoms. The van der Waals surface area contributed by atoms with Gasteiger partial charge in [0, 0.05) is 11.6 Å². The van der Waals surface area contributed by atoms with E-state index in [1.165, 1.54) is 0 Å². The van der Waals surface area contributed by atoms with Crippen molar-refractivity contribution < 1.29 is 14.6 Å². The molecule has 0 aliphatic carbocycles. The molecule has 0 aromatic heterocycles. The Morgan fingerprint density at radius 2 is 2.15 bits per heavy atom. The van der Waals surface area contributed by atoms with E-state index in [1.54, 1.807) is 6.07 Å². The van der Waals surface area contributed by atoms with Crippen molar-refractivity contribution in [3.05, 3.63) is 34.9 Å². The van der Waals surface area contributed by atoms with Gasteiger partial charge in [-0.1, -0.05) is 50.1 Å². The second-order valence-electron chi connectivity index (χ2n) is 4.84. The number of nitrogens with one attached hydrogen (secondary N) is 1. The van der Waals surface area contributed by atoms with Gasteiger partial charge in [-0.3, -0.25) is 4.79 Å². The minimum Gasteiger partial charge on any atom is -0.391 e. The Bertz CT molecular complexity index is 425. The van der Waals surface area contributed by atoms with Gasteiger partial charge >= 0.3 is 0 Å². The van der Waals surface area contributed by atoms with Gasteiger partial charge in [0.15, 0.2) is 0 Å². The van der Waals surface area contributed by atoms with Crippen LogP contribution in [0.4, 0.5) is 0 Å². The number of ether oxygens (including phenoxy) is 1. The standard InChI is InChI=1S/C15H22ClNO3/c1-3-11(2)14(18)8-17-15(19)10-20-9-12-6-4-5-7-13(12)16/h4-7,11,14,18H,3,8-10H2,1-2H3,(H,17,19). The average molecular weight is 300 g/mol. The predicted octanol–water partition coefficient (Wildman–Crippen LogP) is 2.38. The maximum absolute atomic E-state index is 11.6. The maximum Gasteiger partial charge on any atom is 0.246 e. The summed E-state index contributed by atoms with van der Waals surface area (Å²) in [5.74, 6) is -0.0706. The van der Waals surface area contributed by atoms with Crippen LogP contribution >= 0.6 is 11.6 Å². The van der Waals surface area contributed by atoms with Crippen LogP contribution in [0.5, 0.6) is 0 Å². The van der Waals surface area contributed by atoms with Crippen LogP contribution in [0.25, 0.3) is 0 Å². The molecule has 1 aromatic rings. The second-order valence-corrected chi connectivity index (χ2v) is 5.25. The highest BCUT2D eigenvalue weighted by molar-refractivity contribution is 6.31.